The molecule has 2 aliphatic carbocycles. The highest BCUT2D eigenvalue weighted by Crippen LogP contribution is 2.48. The maximum atomic E-state index is 13.4. The number of benzene rings is 1. The van der Waals surface area contributed by atoms with E-state index in [1.807, 2.05) is 19.1 Å². The molecule has 3 N–H and O–H groups in total. The van der Waals surface area contributed by atoms with Crippen LogP contribution in [0.2, 0.25) is 0 Å². The molecule has 1 aromatic rings. The molecule has 0 heterocycles. The molecule has 0 amide bonds. The summed E-state index contributed by atoms with van der Waals surface area (Å²) < 4.78 is 13.4. The summed E-state index contributed by atoms with van der Waals surface area (Å²) in [5, 5.41) is 3.63. The van der Waals surface area contributed by atoms with Gasteiger partial charge in [0.2, 0.25) is 0 Å². The van der Waals surface area contributed by atoms with Crippen LogP contribution in [0.1, 0.15) is 42.9 Å². The molecule has 1 atom stereocenters. The van der Waals surface area contributed by atoms with E-state index in [9.17, 15) is 4.39 Å². The van der Waals surface area contributed by atoms with Gasteiger partial charge in [-0.2, -0.15) is 0 Å². The Morgan fingerprint density at radius 3 is 2.40 bits per heavy atom. The number of halogens is 1. The van der Waals surface area contributed by atoms with Crippen molar-refractivity contribution in [2.45, 2.75) is 38.6 Å². The number of rotatable bonds is 7. The predicted molar refractivity (Wildman–Crippen MR) is 79.9 cm³/mol. The summed E-state index contributed by atoms with van der Waals surface area (Å²) >= 11 is 0. The quantitative estimate of drug-likeness (QED) is 0.803. The van der Waals surface area contributed by atoms with Gasteiger partial charge in [0.15, 0.2) is 0 Å². The minimum Gasteiger partial charge on any atom is -0.329 e. The Kier molecular flexibility index (Phi) is 4.08. The Morgan fingerprint density at radius 1 is 1.25 bits per heavy atom. The minimum absolute atomic E-state index is 0.140. The zero-order valence-corrected chi connectivity index (χ0v) is 12.2. The van der Waals surface area contributed by atoms with Crippen molar-refractivity contribution in [1.29, 1.82) is 0 Å². The SMILES string of the molecule is Cc1cc(C(CN)NCC(C2CC2)C2CC2)ccc1F. The molecule has 2 nitrogen and oxygen atoms in total. The van der Waals surface area contributed by atoms with E-state index in [4.69, 9.17) is 5.73 Å². The minimum atomic E-state index is -0.140. The molecule has 1 unspecified atom stereocenters. The first kappa shape index (κ1) is 14.0. The molecule has 1 aromatic carbocycles. The van der Waals surface area contributed by atoms with Crippen molar-refractivity contribution < 1.29 is 4.39 Å². The molecule has 0 aromatic heterocycles. The first-order chi connectivity index (χ1) is 9.69. The van der Waals surface area contributed by atoms with E-state index in [-0.39, 0.29) is 11.9 Å². The summed E-state index contributed by atoms with van der Waals surface area (Å²) in [5.41, 5.74) is 7.71. The number of hydrogen-bond acceptors (Lipinski definition) is 2. The van der Waals surface area contributed by atoms with E-state index < -0.39 is 0 Å². The van der Waals surface area contributed by atoms with Crippen LogP contribution >= 0.6 is 0 Å². The van der Waals surface area contributed by atoms with Gasteiger partial charge < -0.3 is 11.1 Å². The third-order valence-corrected chi connectivity index (χ3v) is 4.88. The predicted octanol–water partition coefficient (Wildman–Crippen LogP) is 3.16. The smallest absolute Gasteiger partial charge is 0.126 e. The lowest BCUT2D eigenvalue weighted by Crippen LogP contribution is -2.33. The first-order valence-electron chi connectivity index (χ1n) is 7.88. The van der Waals surface area contributed by atoms with Crippen LogP contribution in [0.5, 0.6) is 0 Å². The zero-order valence-electron chi connectivity index (χ0n) is 12.2. The number of aryl methyl sites for hydroxylation is 1. The van der Waals surface area contributed by atoms with Gasteiger partial charge in [0.05, 0.1) is 0 Å². The van der Waals surface area contributed by atoms with E-state index in [0.29, 0.717) is 12.1 Å². The molecule has 0 bridgehead atoms. The van der Waals surface area contributed by atoms with Crippen LogP contribution in [0.25, 0.3) is 0 Å². The van der Waals surface area contributed by atoms with Crippen LogP contribution in [0, 0.1) is 30.5 Å². The Bertz CT molecular complexity index is 454. The monoisotopic (exact) mass is 276 g/mol. The van der Waals surface area contributed by atoms with E-state index in [1.54, 1.807) is 6.07 Å². The van der Waals surface area contributed by atoms with E-state index in [1.165, 1.54) is 25.7 Å². The lowest BCUT2D eigenvalue weighted by molar-refractivity contribution is 0.357. The van der Waals surface area contributed by atoms with Crippen LogP contribution in [0.4, 0.5) is 4.39 Å². The van der Waals surface area contributed by atoms with Gasteiger partial charge in [-0.25, -0.2) is 4.39 Å². The Labute approximate surface area is 120 Å². The number of nitrogens with two attached hydrogens (primary N) is 1. The lowest BCUT2D eigenvalue weighted by atomic mass is 9.96. The Hall–Kier alpha value is -0.930. The second-order valence-electron chi connectivity index (χ2n) is 6.54. The molecule has 3 heteroatoms. The highest BCUT2D eigenvalue weighted by atomic mass is 19.1. The summed E-state index contributed by atoms with van der Waals surface area (Å²) in [6.45, 7) is 3.43. The molecule has 2 fully saturated rings. The molecule has 0 aliphatic heterocycles. The molecular formula is C17H25FN2. The molecule has 2 aliphatic rings. The van der Waals surface area contributed by atoms with Crippen LogP contribution in [-0.2, 0) is 0 Å². The van der Waals surface area contributed by atoms with Gasteiger partial charge in [0.25, 0.3) is 0 Å². The summed E-state index contributed by atoms with van der Waals surface area (Å²) in [6.07, 6.45) is 5.63. The fourth-order valence-corrected chi connectivity index (χ4v) is 3.27. The summed E-state index contributed by atoms with van der Waals surface area (Å²) in [7, 11) is 0. The summed E-state index contributed by atoms with van der Waals surface area (Å²) in [4.78, 5) is 0. The topological polar surface area (TPSA) is 38.0 Å². The average Bonchev–Trinajstić information content (AvgIpc) is 3.31. The van der Waals surface area contributed by atoms with Gasteiger partial charge in [-0.05, 0) is 74.1 Å². The second-order valence-corrected chi connectivity index (χ2v) is 6.54. The van der Waals surface area contributed by atoms with Crippen molar-refractivity contribution in [3.8, 4) is 0 Å². The van der Waals surface area contributed by atoms with Gasteiger partial charge in [-0.1, -0.05) is 12.1 Å². The molecule has 3 rings (SSSR count). The van der Waals surface area contributed by atoms with Crippen molar-refractivity contribution >= 4 is 0 Å². The first-order valence-corrected chi connectivity index (χ1v) is 7.88. The van der Waals surface area contributed by atoms with Crippen LogP contribution in [0.3, 0.4) is 0 Å². The molecule has 0 spiro atoms. The highest BCUT2D eigenvalue weighted by molar-refractivity contribution is 5.26. The summed E-state index contributed by atoms with van der Waals surface area (Å²) in [6, 6.07) is 5.47. The number of hydrogen-bond donors (Lipinski definition) is 2. The van der Waals surface area contributed by atoms with Crippen LogP contribution in [-0.4, -0.2) is 13.1 Å². The standard InChI is InChI=1S/C17H25FN2/c1-11-8-14(6-7-16(11)18)17(9-19)20-10-15(12-2-3-12)13-4-5-13/h6-8,12-13,15,17,20H,2-5,9-10,19H2,1H3. The fraction of sp³-hybridized carbons (Fsp3) is 0.647. The number of nitrogens with one attached hydrogen (secondary N) is 1. The van der Waals surface area contributed by atoms with Gasteiger partial charge in [0.1, 0.15) is 5.82 Å². The largest absolute Gasteiger partial charge is 0.329 e. The fourth-order valence-electron chi connectivity index (χ4n) is 3.27. The van der Waals surface area contributed by atoms with Crippen molar-refractivity contribution in [2.24, 2.45) is 23.5 Å². The molecule has 0 radical (unpaired) electrons. The molecule has 20 heavy (non-hydrogen) atoms. The third kappa shape index (κ3) is 3.21. The Morgan fingerprint density at radius 2 is 1.90 bits per heavy atom. The molecule has 110 valence electrons. The van der Waals surface area contributed by atoms with E-state index >= 15 is 0 Å². The average molecular weight is 276 g/mol. The van der Waals surface area contributed by atoms with Crippen molar-refractivity contribution in [1.82, 2.24) is 5.32 Å². The zero-order chi connectivity index (χ0) is 14.1. The molecule has 2 saturated carbocycles. The van der Waals surface area contributed by atoms with Crippen LogP contribution < -0.4 is 11.1 Å². The van der Waals surface area contributed by atoms with Crippen LogP contribution in [0.15, 0.2) is 18.2 Å². The maximum absolute atomic E-state index is 13.4. The van der Waals surface area contributed by atoms with Crippen molar-refractivity contribution in [3.05, 3.63) is 35.1 Å². The van der Waals surface area contributed by atoms with Crippen molar-refractivity contribution in [2.75, 3.05) is 13.1 Å². The maximum Gasteiger partial charge on any atom is 0.126 e. The van der Waals surface area contributed by atoms with Crippen molar-refractivity contribution in [3.63, 3.8) is 0 Å². The van der Waals surface area contributed by atoms with Gasteiger partial charge in [-0.3, -0.25) is 0 Å². The van der Waals surface area contributed by atoms with Gasteiger partial charge in [0, 0.05) is 12.6 Å². The second kappa shape index (κ2) is 5.82. The van der Waals surface area contributed by atoms with E-state index in [0.717, 1.165) is 29.9 Å². The molecule has 0 saturated heterocycles. The van der Waals surface area contributed by atoms with Gasteiger partial charge >= 0.3 is 0 Å². The summed E-state index contributed by atoms with van der Waals surface area (Å²) in [5.74, 6) is 2.59. The lowest BCUT2D eigenvalue weighted by Gasteiger charge is -2.23. The normalized spacial score (nSPS) is 20.4. The highest BCUT2D eigenvalue weighted by Gasteiger charge is 2.41. The third-order valence-electron chi connectivity index (χ3n) is 4.88. The van der Waals surface area contributed by atoms with E-state index in [2.05, 4.69) is 5.32 Å². The molecular weight excluding hydrogens is 251 g/mol. The van der Waals surface area contributed by atoms with Gasteiger partial charge in [-0.15, -0.1) is 0 Å². The Balaban J connectivity index is 1.62.